The van der Waals surface area contributed by atoms with E-state index in [0.717, 1.165) is 23.3 Å². The van der Waals surface area contributed by atoms with Crippen molar-refractivity contribution in [1.29, 1.82) is 0 Å². The number of benzene rings is 2. The summed E-state index contributed by atoms with van der Waals surface area (Å²) >= 11 is 5.87. The summed E-state index contributed by atoms with van der Waals surface area (Å²) in [5.41, 5.74) is 2.48. The average molecular weight is 397 g/mol. The van der Waals surface area contributed by atoms with E-state index in [2.05, 4.69) is 20.8 Å². The third kappa shape index (κ3) is 5.69. The molecular formula is C21H21ClN4O2. The summed E-state index contributed by atoms with van der Waals surface area (Å²) in [5.74, 6) is 1.17. The Bertz CT molecular complexity index is 897. The van der Waals surface area contributed by atoms with Gasteiger partial charge in [-0.05, 0) is 53.9 Å². The van der Waals surface area contributed by atoms with Gasteiger partial charge in [-0.3, -0.25) is 4.79 Å². The fourth-order valence-electron chi connectivity index (χ4n) is 2.55. The van der Waals surface area contributed by atoms with Crippen molar-refractivity contribution in [3.05, 3.63) is 82.5 Å². The maximum atomic E-state index is 12.2. The molecule has 0 aliphatic rings. The summed E-state index contributed by atoms with van der Waals surface area (Å²) in [6, 6.07) is 18.7. The second-order valence-electron chi connectivity index (χ2n) is 6.14. The van der Waals surface area contributed by atoms with E-state index in [9.17, 15) is 4.79 Å². The number of amides is 1. The summed E-state index contributed by atoms with van der Waals surface area (Å²) < 4.78 is 5.13. The summed E-state index contributed by atoms with van der Waals surface area (Å²) in [7, 11) is 1.63. The zero-order chi connectivity index (χ0) is 19.8. The molecule has 0 unspecified atom stereocenters. The Balaban J connectivity index is 1.45. The molecule has 6 nitrogen and oxygen atoms in total. The van der Waals surface area contributed by atoms with E-state index in [4.69, 9.17) is 16.3 Å². The van der Waals surface area contributed by atoms with Crippen LogP contribution in [0, 0.1) is 0 Å². The van der Waals surface area contributed by atoms with Gasteiger partial charge in [0.1, 0.15) is 11.6 Å². The zero-order valence-corrected chi connectivity index (χ0v) is 16.2. The highest BCUT2D eigenvalue weighted by molar-refractivity contribution is 6.30. The minimum Gasteiger partial charge on any atom is -0.497 e. The fourth-order valence-corrected chi connectivity index (χ4v) is 2.67. The molecule has 144 valence electrons. The molecule has 0 aliphatic heterocycles. The van der Waals surface area contributed by atoms with Crippen molar-refractivity contribution in [3.8, 4) is 5.75 Å². The molecule has 0 spiro atoms. The quantitative estimate of drug-likeness (QED) is 0.606. The van der Waals surface area contributed by atoms with Crippen molar-refractivity contribution in [2.75, 3.05) is 19.0 Å². The first-order chi connectivity index (χ1) is 13.6. The van der Waals surface area contributed by atoms with E-state index in [1.54, 1.807) is 19.2 Å². The van der Waals surface area contributed by atoms with Gasteiger partial charge in [-0.2, -0.15) is 0 Å². The van der Waals surface area contributed by atoms with Gasteiger partial charge in [-0.15, -0.1) is 10.2 Å². The first kappa shape index (κ1) is 19.6. The van der Waals surface area contributed by atoms with Crippen molar-refractivity contribution in [1.82, 2.24) is 15.5 Å². The summed E-state index contributed by atoms with van der Waals surface area (Å²) in [4.78, 5) is 12.2. The van der Waals surface area contributed by atoms with Crippen molar-refractivity contribution in [2.24, 2.45) is 0 Å². The number of anilines is 1. The van der Waals surface area contributed by atoms with Crippen LogP contribution in [0.15, 0.2) is 60.7 Å². The summed E-state index contributed by atoms with van der Waals surface area (Å²) in [6.45, 7) is 1.11. The zero-order valence-electron chi connectivity index (χ0n) is 15.5. The molecule has 3 aromatic rings. The van der Waals surface area contributed by atoms with Crippen LogP contribution in [-0.4, -0.2) is 29.8 Å². The third-order valence-corrected chi connectivity index (χ3v) is 4.39. The number of aromatic nitrogens is 2. The van der Waals surface area contributed by atoms with E-state index in [-0.39, 0.29) is 11.6 Å². The molecule has 0 radical (unpaired) electrons. The lowest BCUT2D eigenvalue weighted by Crippen LogP contribution is -2.26. The van der Waals surface area contributed by atoms with Gasteiger partial charge in [0.05, 0.1) is 7.11 Å². The molecule has 0 aliphatic carbocycles. The van der Waals surface area contributed by atoms with Gasteiger partial charge in [0.15, 0.2) is 5.69 Å². The van der Waals surface area contributed by atoms with Crippen molar-refractivity contribution < 1.29 is 9.53 Å². The molecule has 0 saturated carbocycles. The molecular weight excluding hydrogens is 376 g/mol. The first-order valence-corrected chi connectivity index (χ1v) is 9.25. The van der Waals surface area contributed by atoms with Gasteiger partial charge < -0.3 is 15.4 Å². The second-order valence-corrected chi connectivity index (χ2v) is 6.57. The van der Waals surface area contributed by atoms with Gasteiger partial charge in [-0.1, -0.05) is 35.9 Å². The Morgan fingerprint density at radius 3 is 2.32 bits per heavy atom. The molecule has 2 aromatic carbocycles. The van der Waals surface area contributed by atoms with E-state index in [1.165, 1.54) is 0 Å². The largest absolute Gasteiger partial charge is 0.497 e. The third-order valence-electron chi connectivity index (χ3n) is 4.14. The molecule has 28 heavy (non-hydrogen) atoms. The Morgan fingerprint density at radius 1 is 0.964 bits per heavy atom. The van der Waals surface area contributed by atoms with Crippen molar-refractivity contribution >= 4 is 23.3 Å². The maximum absolute atomic E-state index is 12.2. The SMILES string of the molecule is COc1ccc(CCNC(=O)c2ccc(NCc3ccc(Cl)cc3)nn2)cc1. The number of nitrogens with one attached hydrogen (secondary N) is 2. The van der Waals surface area contributed by atoms with Gasteiger partial charge in [0.25, 0.3) is 5.91 Å². The van der Waals surface area contributed by atoms with Crippen LogP contribution in [0.25, 0.3) is 0 Å². The molecule has 0 fully saturated rings. The minimum absolute atomic E-state index is 0.245. The normalized spacial score (nSPS) is 10.4. The molecule has 0 bridgehead atoms. The Hall–Kier alpha value is -3.12. The number of methoxy groups -OCH3 is 1. The lowest BCUT2D eigenvalue weighted by molar-refractivity contribution is 0.0948. The number of carbonyl (C=O) groups is 1. The van der Waals surface area contributed by atoms with Crippen molar-refractivity contribution in [3.63, 3.8) is 0 Å². The van der Waals surface area contributed by atoms with Crippen molar-refractivity contribution in [2.45, 2.75) is 13.0 Å². The van der Waals surface area contributed by atoms with Crippen LogP contribution in [0.5, 0.6) is 5.75 Å². The number of carbonyl (C=O) groups excluding carboxylic acids is 1. The lowest BCUT2D eigenvalue weighted by atomic mass is 10.1. The number of ether oxygens (including phenoxy) is 1. The highest BCUT2D eigenvalue weighted by Crippen LogP contribution is 2.12. The Labute approximate surface area is 168 Å². The molecule has 1 heterocycles. The lowest BCUT2D eigenvalue weighted by Gasteiger charge is -2.07. The number of halogens is 1. The monoisotopic (exact) mass is 396 g/mol. The van der Waals surface area contributed by atoms with E-state index >= 15 is 0 Å². The Kier molecular flexibility index (Phi) is 6.81. The molecule has 1 aromatic heterocycles. The summed E-state index contributed by atoms with van der Waals surface area (Å²) in [6.07, 6.45) is 0.726. The molecule has 1 amide bonds. The van der Waals surface area contributed by atoms with Crippen LogP contribution in [0.3, 0.4) is 0 Å². The number of hydrogen-bond donors (Lipinski definition) is 2. The highest BCUT2D eigenvalue weighted by atomic mass is 35.5. The topological polar surface area (TPSA) is 76.1 Å². The van der Waals surface area contributed by atoms with Crippen LogP contribution >= 0.6 is 11.6 Å². The molecule has 3 rings (SSSR count). The fraction of sp³-hybridized carbons (Fsp3) is 0.190. The molecule has 7 heteroatoms. The number of nitrogens with zero attached hydrogens (tertiary/aromatic N) is 2. The number of rotatable bonds is 8. The van der Waals surface area contributed by atoms with E-state index < -0.39 is 0 Å². The average Bonchev–Trinajstić information content (AvgIpc) is 2.74. The van der Waals surface area contributed by atoms with Gasteiger partial charge in [0, 0.05) is 18.1 Å². The number of hydrogen-bond acceptors (Lipinski definition) is 5. The van der Waals surface area contributed by atoms with E-state index in [0.29, 0.717) is 23.9 Å². The maximum Gasteiger partial charge on any atom is 0.271 e. The van der Waals surface area contributed by atoms with Crippen LogP contribution < -0.4 is 15.4 Å². The molecule has 2 N–H and O–H groups in total. The molecule has 0 atom stereocenters. The van der Waals surface area contributed by atoms with Crippen LogP contribution in [0.1, 0.15) is 21.6 Å². The van der Waals surface area contributed by atoms with E-state index in [1.807, 2.05) is 48.5 Å². The van der Waals surface area contributed by atoms with Gasteiger partial charge in [0.2, 0.25) is 0 Å². The molecule has 0 saturated heterocycles. The Morgan fingerprint density at radius 2 is 1.68 bits per heavy atom. The predicted octanol–water partition coefficient (Wildman–Crippen LogP) is 3.72. The standard InChI is InChI=1S/C21H21ClN4O2/c1-28-18-8-4-15(5-9-18)12-13-23-21(27)19-10-11-20(26-25-19)24-14-16-2-6-17(22)7-3-16/h2-11H,12-14H2,1H3,(H,23,27)(H,24,26). The second kappa shape index (κ2) is 9.71. The van der Waals surface area contributed by atoms with Gasteiger partial charge >= 0.3 is 0 Å². The van der Waals surface area contributed by atoms with Crippen LogP contribution in [0.2, 0.25) is 5.02 Å². The minimum atomic E-state index is -0.245. The predicted molar refractivity (Wildman–Crippen MR) is 110 cm³/mol. The highest BCUT2D eigenvalue weighted by Gasteiger charge is 2.08. The summed E-state index contributed by atoms with van der Waals surface area (Å²) in [5, 5.41) is 14.8. The van der Waals surface area contributed by atoms with Gasteiger partial charge in [-0.25, -0.2) is 0 Å². The van der Waals surface area contributed by atoms with Crippen LogP contribution in [0.4, 0.5) is 5.82 Å². The first-order valence-electron chi connectivity index (χ1n) is 8.87. The smallest absolute Gasteiger partial charge is 0.271 e. The van der Waals surface area contributed by atoms with Crippen LogP contribution in [-0.2, 0) is 13.0 Å².